The number of H-pyrrole nitrogens is 1. The van der Waals surface area contributed by atoms with E-state index in [2.05, 4.69) is 15.3 Å². The topological polar surface area (TPSA) is 57.8 Å². The lowest BCUT2D eigenvalue weighted by Gasteiger charge is -2.08. The molecule has 2 aromatic carbocycles. The Hall–Kier alpha value is -2.59. The van der Waals surface area contributed by atoms with Gasteiger partial charge in [0.25, 0.3) is 5.91 Å². The van der Waals surface area contributed by atoms with E-state index < -0.39 is 0 Å². The third-order valence-corrected chi connectivity index (χ3v) is 3.38. The molecule has 1 amide bonds. The number of hydrogen-bond donors (Lipinski definition) is 2. The predicted molar refractivity (Wildman–Crippen MR) is 83.4 cm³/mol. The summed E-state index contributed by atoms with van der Waals surface area (Å²) in [5.41, 5.74) is 2.99. The van der Waals surface area contributed by atoms with Crippen molar-refractivity contribution in [3.8, 4) is 11.3 Å². The third kappa shape index (κ3) is 2.95. The maximum Gasteiger partial charge on any atom is 0.257 e. The van der Waals surface area contributed by atoms with Gasteiger partial charge < -0.3 is 10.3 Å². The fourth-order valence-electron chi connectivity index (χ4n) is 2.02. The van der Waals surface area contributed by atoms with Crippen LogP contribution in [0.5, 0.6) is 0 Å². The molecule has 1 aromatic heterocycles. The van der Waals surface area contributed by atoms with Gasteiger partial charge in [-0.1, -0.05) is 35.9 Å². The molecular weight excluding hydrogens is 286 g/mol. The summed E-state index contributed by atoms with van der Waals surface area (Å²) in [7, 11) is 0. The normalized spacial score (nSPS) is 10.3. The van der Waals surface area contributed by atoms with E-state index >= 15 is 0 Å². The number of anilines is 1. The third-order valence-electron chi connectivity index (χ3n) is 3.05. The molecule has 0 fully saturated rings. The molecule has 3 aromatic rings. The zero-order chi connectivity index (χ0) is 14.7. The van der Waals surface area contributed by atoms with Gasteiger partial charge in [-0.05, 0) is 24.3 Å². The van der Waals surface area contributed by atoms with E-state index in [9.17, 15) is 4.79 Å². The molecule has 2 N–H and O–H groups in total. The van der Waals surface area contributed by atoms with Crippen molar-refractivity contribution in [1.82, 2.24) is 9.97 Å². The summed E-state index contributed by atoms with van der Waals surface area (Å²) >= 11 is 6.02. The van der Waals surface area contributed by atoms with Gasteiger partial charge in [-0.15, -0.1) is 0 Å². The Morgan fingerprint density at radius 3 is 2.76 bits per heavy atom. The highest BCUT2D eigenvalue weighted by Crippen LogP contribution is 2.22. The summed E-state index contributed by atoms with van der Waals surface area (Å²) in [6.07, 6.45) is 3.35. The SMILES string of the molecule is O=C(Nc1cccc(-c2cnc[nH]2)c1)c1ccccc1Cl. The quantitative estimate of drug-likeness (QED) is 0.768. The number of halogens is 1. The Morgan fingerprint density at radius 1 is 1.14 bits per heavy atom. The molecule has 0 aliphatic rings. The maximum absolute atomic E-state index is 12.2. The van der Waals surface area contributed by atoms with Crippen molar-refractivity contribution in [3.05, 3.63) is 71.6 Å². The molecule has 0 spiro atoms. The number of benzene rings is 2. The molecule has 3 rings (SSSR count). The summed E-state index contributed by atoms with van der Waals surface area (Å²) in [4.78, 5) is 19.2. The Kier molecular flexibility index (Phi) is 3.71. The van der Waals surface area contributed by atoms with E-state index in [4.69, 9.17) is 11.6 Å². The molecule has 0 atom stereocenters. The van der Waals surface area contributed by atoms with Crippen LogP contribution in [0, 0.1) is 0 Å². The van der Waals surface area contributed by atoms with Crippen LogP contribution in [0.3, 0.4) is 0 Å². The average molecular weight is 298 g/mol. The number of nitrogens with zero attached hydrogens (tertiary/aromatic N) is 1. The first-order chi connectivity index (χ1) is 10.2. The van der Waals surface area contributed by atoms with Crippen molar-refractivity contribution in [3.63, 3.8) is 0 Å². The van der Waals surface area contributed by atoms with Crippen LogP contribution in [0.25, 0.3) is 11.3 Å². The van der Waals surface area contributed by atoms with Crippen molar-refractivity contribution in [2.24, 2.45) is 0 Å². The summed E-state index contributed by atoms with van der Waals surface area (Å²) in [6.45, 7) is 0. The van der Waals surface area contributed by atoms with Crippen molar-refractivity contribution in [2.75, 3.05) is 5.32 Å². The fourth-order valence-corrected chi connectivity index (χ4v) is 2.24. The number of hydrogen-bond acceptors (Lipinski definition) is 2. The molecule has 0 bridgehead atoms. The first kappa shape index (κ1) is 13.4. The van der Waals surface area contributed by atoms with Crippen LogP contribution in [0.1, 0.15) is 10.4 Å². The molecule has 0 radical (unpaired) electrons. The van der Waals surface area contributed by atoms with Gasteiger partial charge in [0.2, 0.25) is 0 Å². The van der Waals surface area contributed by atoms with E-state index in [-0.39, 0.29) is 5.91 Å². The highest BCUT2D eigenvalue weighted by Gasteiger charge is 2.10. The van der Waals surface area contributed by atoms with E-state index in [0.717, 1.165) is 11.3 Å². The molecule has 0 aliphatic carbocycles. The van der Waals surface area contributed by atoms with Crippen LogP contribution < -0.4 is 5.32 Å². The molecule has 0 unspecified atom stereocenters. The summed E-state index contributed by atoms with van der Waals surface area (Å²) < 4.78 is 0. The first-order valence-electron chi connectivity index (χ1n) is 6.39. The fraction of sp³-hybridized carbons (Fsp3) is 0. The Bertz CT molecular complexity index is 769. The highest BCUT2D eigenvalue weighted by atomic mass is 35.5. The second kappa shape index (κ2) is 5.81. The van der Waals surface area contributed by atoms with Gasteiger partial charge in [0, 0.05) is 11.3 Å². The van der Waals surface area contributed by atoms with E-state index in [1.807, 2.05) is 24.3 Å². The Balaban J connectivity index is 1.84. The van der Waals surface area contributed by atoms with Crippen LogP contribution in [-0.2, 0) is 0 Å². The predicted octanol–water partition coefficient (Wildman–Crippen LogP) is 3.98. The smallest absolute Gasteiger partial charge is 0.257 e. The van der Waals surface area contributed by atoms with Crippen LogP contribution in [0.15, 0.2) is 61.1 Å². The number of aromatic nitrogens is 2. The van der Waals surface area contributed by atoms with Crippen LogP contribution >= 0.6 is 11.6 Å². The highest BCUT2D eigenvalue weighted by molar-refractivity contribution is 6.34. The summed E-state index contributed by atoms with van der Waals surface area (Å²) in [5.74, 6) is -0.234. The average Bonchev–Trinajstić information content (AvgIpc) is 3.02. The van der Waals surface area contributed by atoms with Gasteiger partial charge in [-0.3, -0.25) is 4.79 Å². The number of nitrogens with one attached hydrogen (secondary N) is 2. The standard InChI is InChI=1S/C16H12ClN3O/c17-14-7-2-1-6-13(14)16(21)20-12-5-3-4-11(8-12)15-9-18-10-19-15/h1-10H,(H,18,19)(H,20,21). The molecule has 1 heterocycles. The molecule has 0 aliphatic heterocycles. The molecule has 21 heavy (non-hydrogen) atoms. The van der Waals surface area contributed by atoms with Crippen molar-refractivity contribution in [1.29, 1.82) is 0 Å². The zero-order valence-electron chi connectivity index (χ0n) is 11.0. The number of carbonyl (C=O) groups excluding carboxylic acids is 1. The Morgan fingerprint density at radius 2 is 2.00 bits per heavy atom. The number of aromatic amines is 1. The molecule has 104 valence electrons. The van der Waals surface area contributed by atoms with Crippen molar-refractivity contribution >= 4 is 23.2 Å². The van der Waals surface area contributed by atoms with E-state index in [1.54, 1.807) is 36.8 Å². The van der Waals surface area contributed by atoms with Crippen LogP contribution in [-0.4, -0.2) is 15.9 Å². The summed E-state index contributed by atoms with van der Waals surface area (Å²) in [5, 5.41) is 3.27. The molecule has 0 saturated heterocycles. The molecule has 0 saturated carbocycles. The van der Waals surface area contributed by atoms with Gasteiger partial charge in [-0.25, -0.2) is 4.98 Å². The largest absolute Gasteiger partial charge is 0.345 e. The van der Waals surface area contributed by atoms with Gasteiger partial charge >= 0.3 is 0 Å². The number of amides is 1. The minimum atomic E-state index is -0.234. The second-order valence-corrected chi connectivity index (χ2v) is 4.89. The molecule has 5 heteroatoms. The second-order valence-electron chi connectivity index (χ2n) is 4.48. The lowest BCUT2D eigenvalue weighted by Crippen LogP contribution is -2.12. The first-order valence-corrected chi connectivity index (χ1v) is 6.76. The molecular formula is C16H12ClN3O. The maximum atomic E-state index is 12.2. The van der Waals surface area contributed by atoms with Gasteiger partial charge in [0.1, 0.15) is 0 Å². The van der Waals surface area contributed by atoms with Crippen LogP contribution in [0.4, 0.5) is 5.69 Å². The lowest BCUT2D eigenvalue weighted by atomic mass is 10.1. The number of carbonyl (C=O) groups is 1. The lowest BCUT2D eigenvalue weighted by molar-refractivity contribution is 0.102. The van der Waals surface area contributed by atoms with Crippen LogP contribution in [0.2, 0.25) is 5.02 Å². The van der Waals surface area contributed by atoms with Gasteiger partial charge in [0.05, 0.1) is 28.8 Å². The number of imidazole rings is 1. The van der Waals surface area contributed by atoms with Gasteiger partial charge in [0.15, 0.2) is 0 Å². The minimum Gasteiger partial charge on any atom is -0.345 e. The summed E-state index contributed by atoms with van der Waals surface area (Å²) in [6, 6.07) is 14.5. The van der Waals surface area contributed by atoms with E-state index in [0.29, 0.717) is 16.3 Å². The zero-order valence-corrected chi connectivity index (χ0v) is 11.8. The van der Waals surface area contributed by atoms with Gasteiger partial charge in [-0.2, -0.15) is 0 Å². The number of rotatable bonds is 3. The monoisotopic (exact) mass is 297 g/mol. The van der Waals surface area contributed by atoms with E-state index in [1.165, 1.54) is 0 Å². The van der Waals surface area contributed by atoms with Crippen molar-refractivity contribution in [2.45, 2.75) is 0 Å². The van der Waals surface area contributed by atoms with Crippen molar-refractivity contribution < 1.29 is 4.79 Å². The minimum absolute atomic E-state index is 0.234. The Labute approximate surface area is 126 Å². The molecule has 4 nitrogen and oxygen atoms in total.